The minimum absolute atomic E-state index is 0.310. The zero-order chi connectivity index (χ0) is 9.56. The van der Waals surface area contributed by atoms with Gasteiger partial charge in [0, 0.05) is 0 Å². The van der Waals surface area contributed by atoms with Crippen LogP contribution in [0, 0.1) is 12.8 Å². The summed E-state index contributed by atoms with van der Waals surface area (Å²) in [5, 5.41) is 0. The van der Waals surface area contributed by atoms with Crippen LogP contribution >= 0.6 is 0 Å². The molecule has 1 aromatic heterocycles. The van der Waals surface area contributed by atoms with E-state index in [0.717, 1.165) is 5.92 Å². The quantitative estimate of drug-likeness (QED) is 0.606. The van der Waals surface area contributed by atoms with E-state index in [1.165, 1.54) is 6.39 Å². The molecule has 0 aliphatic rings. The molecule has 0 N–H and O–H groups in total. The number of aryl methyl sites for hydroxylation is 1. The molecule has 0 bridgehead atoms. The van der Waals surface area contributed by atoms with Crippen LogP contribution in [0.15, 0.2) is 10.8 Å². The molecule has 0 saturated carbocycles. The van der Waals surface area contributed by atoms with Gasteiger partial charge < -0.3 is 4.42 Å². The van der Waals surface area contributed by atoms with Gasteiger partial charge in [0.2, 0.25) is 0 Å². The van der Waals surface area contributed by atoms with Crippen molar-refractivity contribution in [2.45, 2.75) is 27.7 Å². The van der Waals surface area contributed by atoms with Gasteiger partial charge in [-0.05, 0) is 12.8 Å². The maximum atomic E-state index is 9.95. The van der Waals surface area contributed by atoms with Crippen LogP contribution in [-0.4, -0.2) is 11.3 Å². The maximum absolute atomic E-state index is 9.95. The molecule has 12 heavy (non-hydrogen) atoms. The Kier molecular flexibility index (Phi) is 5.00. The molecule has 0 radical (unpaired) electrons. The third-order valence-electron chi connectivity index (χ3n) is 0.890. The van der Waals surface area contributed by atoms with E-state index in [-0.39, 0.29) is 0 Å². The van der Waals surface area contributed by atoms with E-state index in [0.29, 0.717) is 17.7 Å². The molecule has 0 spiro atoms. The number of hydrogen-bond acceptors (Lipinski definition) is 3. The zero-order valence-corrected chi connectivity index (χ0v) is 8.00. The summed E-state index contributed by atoms with van der Waals surface area (Å²) >= 11 is 0. The number of carbonyl (C=O) groups excluding carboxylic acids is 1. The van der Waals surface area contributed by atoms with Gasteiger partial charge >= 0.3 is 0 Å². The normalized spacial score (nSPS) is 9.08. The standard InChI is InChI=1S/C5H5NO2.C4H10/c1-4-5(2-7)8-3-6-4;1-4(2)3/h2-3H,1H3;4H,1-3H3. The van der Waals surface area contributed by atoms with Crippen molar-refractivity contribution < 1.29 is 9.21 Å². The highest BCUT2D eigenvalue weighted by atomic mass is 16.3. The topological polar surface area (TPSA) is 43.1 Å². The third-order valence-corrected chi connectivity index (χ3v) is 0.890. The van der Waals surface area contributed by atoms with Crippen LogP contribution < -0.4 is 0 Å². The number of nitrogens with zero attached hydrogens (tertiary/aromatic N) is 1. The van der Waals surface area contributed by atoms with E-state index in [1.54, 1.807) is 6.92 Å². The van der Waals surface area contributed by atoms with Gasteiger partial charge in [-0.25, -0.2) is 4.98 Å². The first-order valence-electron chi connectivity index (χ1n) is 3.93. The van der Waals surface area contributed by atoms with Crippen LogP contribution in [0.4, 0.5) is 0 Å². The van der Waals surface area contributed by atoms with Crippen LogP contribution in [0.3, 0.4) is 0 Å². The fourth-order valence-electron chi connectivity index (χ4n) is 0.424. The van der Waals surface area contributed by atoms with Crippen LogP contribution in [0.2, 0.25) is 0 Å². The average Bonchev–Trinajstić information content (AvgIpc) is 2.33. The molecule has 0 fully saturated rings. The Morgan fingerprint density at radius 1 is 1.50 bits per heavy atom. The average molecular weight is 169 g/mol. The molecule has 0 saturated heterocycles. The van der Waals surface area contributed by atoms with Crippen molar-refractivity contribution in [1.82, 2.24) is 4.98 Å². The van der Waals surface area contributed by atoms with E-state index in [9.17, 15) is 4.79 Å². The summed E-state index contributed by atoms with van der Waals surface area (Å²) in [7, 11) is 0. The molecule has 68 valence electrons. The Morgan fingerprint density at radius 3 is 2.17 bits per heavy atom. The molecule has 0 unspecified atom stereocenters. The first-order chi connectivity index (χ1) is 5.57. The largest absolute Gasteiger partial charge is 0.440 e. The van der Waals surface area contributed by atoms with Crippen molar-refractivity contribution >= 4 is 6.29 Å². The number of carbonyl (C=O) groups is 1. The second-order valence-electron chi connectivity index (χ2n) is 3.15. The number of aromatic nitrogens is 1. The molecular weight excluding hydrogens is 154 g/mol. The minimum atomic E-state index is 0.310. The van der Waals surface area contributed by atoms with E-state index in [2.05, 4.69) is 30.2 Å². The van der Waals surface area contributed by atoms with Gasteiger partial charge in [0.1, 0.15) is 0 Å². The summed E-state index contributed by atoms with van der Waals surface area (Å²) < 4.78 is 4.63. The summed E-state index contributed by atoms with van der Waals surface area (Å²) in [4.78, 5) is 13.6. The Balaban J connectivity index is 0.000000261. The van der Waals surface area contributed by atoms with Crippen molar-refractivity contribution in [3.8, 4) is 0 Å². The summed E-state index contributed by atoms with van der Waals surface area (Å²) in [6.07, 6.45) is 1.89. The highest BCUT2D eigenvalue weighted by molar-refractivity contribution is 5.71. The van der Waals surface area contributed by atoms with Crippen molar-refractivity contribution in [2.24, 2.45) is 5.92 Å². The van der Waals surface area contributed by atoms with Crippen LogP contribution in [-0.2, 0) is 0 Å². The molecular formula is C9H15NO2. The predicted molar refractivity (Wildman–Crippen MR) is 47.1 cm³/mol. The van der Waals surface area contributed by atoms with E-state index in [4.69, 9.17) is 0 Å². The molecule has 1 heterocycles. The van der Waals surface area contributed by atoms with Crippen molar-refractivity contribution in [1.29, 1.82) is 0 Å². The highest BCUT2D eigenvalue weighted by Crippen LogP contribution is 1.98. The SMILES string of the molecule is CC(C)C.Cc1ncoc1C=O. The fraction of sp³-hybridized carbons (Fsp3) is 0.556. The Labute approximate surface area is 72.8 Å². The van der Waals surface area contributed by atoms with Crippen LogP contribution in [0.5, 0.6) is 0 Å². The maximum Gasteiger partial charge on any atom is 0.189 e. The molecule has 3 heteroatoms. The van der Waals surface area contributed by atoms with Gasteiger partial charge in [-0.15, -0.1) is 0 Å². The Hall–Kier alpha value is -1.12. The highest BCUT2D eigenvalue weighted by Gasteiger charge is 1.97. The molecule has 0 aliphatic carbocycles. The number of rotatable bonds is 1. The Morgan fingerprint density at radius 2 is 2.00 bits per heavy atom. The summed E-state index contributed by atoms with van der Waals surface area (Å²) in [6, 6.07) is 0. The number of hydrogen-bond donors (Lipinski definition) is 0. The van der Waals surface area contributed by atoms with Gasteiger partial charge in [0.05, 0.1) is 5.69 Å². The van der Waals surface area contributed by atoms with Crippen LogP contribution in [0.1, 0.15) is 37.0 Å². The van der Waals surface area contributed by atoms with E-state index < -0.39 is 0 Å². The lowest BCUT2D eigenvalue weighted by molar-refractivity contribution is 0.110. The monoisotopic (exact) mass is 169 g/mol. The second kappa shape index (κ2) is 5.52. The minimum Gasteiger partial charge on any atom is -0.440 e. The second-order valence-corrected chi connectivity index (χ2v) is 3.15. The van der Waals surface area contributed by atoms with Crippen LogP contribution in [0.25, 0.3) is 0 Å². The van der Waals surface area contributed by atoms with Crippen molar-refractivity contribution in [3.05, 3.63) is 17.8 Å². The fourth-order valence-corrected chi connectivity index (χ4v) is 0.424. The van der Waals surface area contributed by atoms with Crippen molar-refractivity contribution in [2.75, 3.05) is 0 Å². The van der Waals surface area contributed by atoms with E-state index >= 15 is 0 Å². The molecule has 0 atom stereocenters. The van der Waals surface area contributed by atoms with Gasteiger partial charge in [-0.2, -0.15) is 0 Å². The number of oxazole rings is 1. The molecule has 0 aliphatic heterocycles. The molecule has 0 amide bonds. The first kappa shape index (κ1) is 10.9. The lowest BCUT2D eigenvalue weighted by Gasteiger charge is -1.79. The van der Waals surface area contributed by atoms with Gasteiger partial charge in [-0.1, -0.05) is 20.8 Å². The van der Waals surface area contributed by atoms with Crippen molar-refractivity contribution in [3.63, 3.8) is 0 Å². The van der Waals surface area contributed by atoms with Gasteiger partial charge in [0.15, 0.2) is 18.4 Å². The lowest BCUT2D eigenvalue weighted by Crippen LogP contribution is -1.77. The van der Waals surface area contributed by atoms with E-state index in [1.807, 2.05) is 0 Å². The summed E-state index contributed by atoms with van der Waals surface area (Å²) in [5.74, 6) is 1.14. The Bertz CT molecular complexity index is 225. The third kappa shape index (κ3) is 4.66. The summed E-state index contributed by atoms with van der Waals surface area (Å²) in [5.41, 5.74) is 0.639. The predicted octanol–water partition coefficient (Wildman–Crippen LogP) is 2.46. The summed E-state index contributed by atoms with van der Waals surface area (Å²) in [6.45, 7) is 8.22. The molecule has 3 nitrogen and oxygen atoms in total. The first-order valence-corrected chi connectivity index (χ1v) is 3.93. The van der Waals surface area contributed by atoms with Gasteiger partial charge in [-0.3, -0.25) is 4.79 Å². The smallest absolute Gasteiger partial charge is 0.189 e. The molecule has 1 rings (SSSR count). The number of aldehydes is 1. The zero-order valence-electron chi connectivity index (χ0n) is 8.00. The molecule has 1 aromatic rings. The van der Waals surface area contributed by atoms with Gasteiger partial charge in [0.25, 0.3) is 0 Å². The molecule has 0 aromatic carbocycles. The lowest BCUT2D eigenvalue weighted by atomic mass is 10.3.